The van der Waals surface area contributed by atoms with Crippen LogP contribution in [0.3, 0.4) is 0 Å². The summed E-state index contributed by atoms with van der Waals surface area (Å²) in [4.78, 5) is 68.4. The fraction of sp³-hybridized carbons (Fsp3) is 0.706. The summed E-state index contributed by atoms with van der Waals surface area (Å²) in [5.74, 6) is -1.91. The van der Waals surface area contributed by atoms with Crippen LogP contribution in [-0.2, 0) is 19.2 Å². The number of pyridine rings is 1. The molecule has 1 aromatic heterocycles. The first kappa shape index (κ1) is 40.5. The Bertz CT molecular complexity index is 1120. The van der Waals surface area contributed by atoms with E-state index in [2.05, 4.69) is 57.7 Å². The largest absolute Gasteiger partial charge is 0.355 e. The lowest BCUT2D eigenvalue weighted by Gasteiger charge is -2.31. The van der Waals surface area contributed by atoms with Gasteiger partial charge in [-0.1, -0.05) is 68.2 Å². The highest BCUT2D eigenvalue weighted by Gasteiger charge is 2.32. The predicted molar refractivity (Wildman–Crippen MR) is 179 cm³/mol. The molecule has 0 saturated carbocycles. The van der Waals surface area contributed by atoms with Gasteiger partial charge in [-0.2, -0.15) is 0 Å². The molecule has 0 radical (unpaired) electrons. The highest BCUT2D eigenvalue weighted by atomic mass is 16.2. The van der Waals surface area contributed by atoms with E-state index in [-0.39, 0.29) is 46.9 Å². The van der Waals surface area contributed by atoms with Gasteiger partial charge in [0.25, 0.3) is 5.91 Å². The number of carbonyl (C=O) groups excluding carboxylic acids is 5. The first-order valence-electron chi connectivity index (χ1n) is 16.7. The van der Waals surface area contributed by atoms with Gasteiger partial charge in [0.2, 0.25) is 23.6 Å². The third-order valence-electron chi connectivity index (χ3n) is 7.84. The lowest BCUT2D eigenvalue weighted by molar-refractivity contribution is -0.378. The first-order valence-corrected chi connectivity index (χ1v) is 16.7. The number of amides is 5. The maximum Gasteiger partial charge on any atom is 0.252 e. The van der Waals surface area contributed by atoms with Crippen LogP contribution in [0.2, 0.25) is 0 Å². The van der Waals surface area contributed by atoms with Crippen molar-refractivity contribution in [3.8, 4) is 0 Å². The smallest absolute Gasteiger partial charge is 0.252 e. The molecule has 0 bridgehead atoms. The molecule has 12 nitrogen and oxygen atoms in total. The molecule has 260 valence electrons. The Morgan fingerprint density at radius 3 is 1.93 bits per heavy atom. The van der Waals surface area contributed by atoms with Crippen LogP contribution in [0.25, 0.3) is 0 Å². The van der Waals surface area contributed by atoms with Crippen molar-refractivity contribution >= 4 is 29.5 Å². The molecule has 0 aliphatic heterocycles. The number of hydrogen-bond donors (Lipinski definition) is 6. The Hall–Kier alpha value is -3.54. The van der Waals surface area contributed by atoms with Gasteiger partial charge in [0.1, 0.15) is 18.1 Å². The maximum absolute atomic E-state index is 13.6. The van der Waals surface area contributed by atoms with E-state index >= 15 is 0 Å². The molecular formula is C34H60N7O5+. The first-order chi connectivity index (χ1) is 21.5. The number of carbonyl (C=O) groups is 5. The van der Waals surface area contributed by atoms with Crippen LogP contribution in [0.4, 0.5) is 0 Å². The van der Waals surface area contributed by atoms with E-state index in [1.165, 1.54) is 0 Å². The van der Waals surface area contributed by atoms with Crippen LogP contribution in [0.5, 0.6) is 0 Å². The van der Waals surface area contributed by atoms with Crippen molar-refractivity contribution in [3.05, 3.63) is 30.1 Å². The van der Waals surface area contributed by atoms with Gasteiger partial charge in [-0.05, 0) is 43.9 Å². The zero-order valence-corrected chi connectivity index (χ0v) is 29.6. The van der Waals surface area contributed by atoms with Crippen molar-refractivity contribution in [2.24, 2.45) is 17.3 Å². The van der Waals surface area contributed by atoms with Crippen LogP contribution < -0.4 is 36.9 Å². The summed E-state index contributed by atoms with van der Waals surface area (Å²) in [6.07, 6.45) is 5.61. The lowest BCUT2D eigenvalue weighted by Crippen LogP contribution is -2.58. The molecule has 12 heteroatoms. The molecule has 0 spiro atoms. The van der Waals surface area contributed by atoms with Crippen LogP contribution >= 0.6 is 0 Å². The minimum atomic E-state index is -0.825. The highest BCUT2D eigenvalue weighted by Crippen LogP contribution is 2.21. The molecule has 0 fully saturated rings. The zero-order valence-electron chi connectivity index (χ0n) is 29.6. The van der Waals surface area contributed by atoms with E-state index in [9.17, 15) is 24.0 Å². The zero-order chi connectivity index (χ0) is 35.0. The van der Waals surface area contributed by atoms with Crippen molar-refractivity contribution in [1.29, 1.82) is 0 Å². The van der Waals surface area contributed by atoms with Gasteiger partial charge in [0.05, 0.1) is 11.6 Å². The van der Waals surface area contributed by atoms with Crippen molar-refractivity contribution in [2.45, 2.75) is 125 Å². The van der Waals surface area contributed by atoms with Crippen molar-refractivity contribution in [3.63, 3.8) is 0 Å². The van der Waals surface area contributed by atoms with E-state index in [0.717, 1.165) is 0 Å². The van der Waals surface area contributed by atoms with E-state index in [1.54, 1.807) is 31.5 Å². The SMILES string of the molecule is CCC[C@H](NC(=O)C(NC(=O)c1cc[nH+]cc1)[C@@H](C)CC)C(=O)NC(CN[C@@H](C)C(=O)NC(C(=O)NCC)C(C)C)CC(C)(C)C. The minimum absolute atomic E-state index is 0.0912. The third-order valence-corrected chi connectivity index (χ3v) is 7.84. The molecule has 0 aliphatic carbocycles. The van der Waals surface area contributed by atoms with Gasteiger partial charge in [0, 0.05) is 31.3 Å². The Kier molecular flexibility index (Phi) is 17.5. The van der Waals surface area contributed by atoms with E-state index in [0.29, 0.717) is 44.3 Å². The molecule has 46 heavy (non-hydrogen) atoms. The van der Waals surface area contributed by atoms with Gasteiger partial charge in [-0.3, -0.25) is 24.0 Å². The molecule has 1 aromatic rings. The summed E-state index contributed by atoms with van der Waals surface area (Å²) in [6.45, 7) is 20.0. The van der Waals surface area contributed by atoms with E-state index in [4.69, 9.17) is 0 Å². The minimum Gasteiger partial charge on any atom is -0.355 e. The number of hydrogen-bond acceptors (Lipinski definition) is 6. The van der Waals surface area contributed by atoms with Crippen LogP contribution in [0, 0.1) is 17.3 Å². The molecule has 0 aliphatic rings. The molecular weight excluding hydrogens is 586 g/mol. The third kappa shape index (κ3) is 14.3. The summed E-state index contributed by atoms with van der Waals surface area (Å²) >= 11 is 0. The molecule has 1 rings (SSSR count). The van der Waals surface area contributed by atoms with Gasteiger partial charge < -0.3 is 31.9 Å². The standard InChI is InChI=1S/C34H59N7O5/c1-11-14-26(39-33(46)28(22(6)12-2)41-30(43)24-15-17-35-18-16-24)31(44)38-25(19-34(8,9)10)20-37-23(7)29(42)40-27(21(4)5)32(45)36-13-3/h15-18,21-23,25-28,37H,11-14,19-20H2,1-10H3,(H,36,45)(H,38,44)(H,39,46)(H,40,42)(H,41,43)/p+1/t22-,23-,25?,26-,27?,28?/m0/s1. The topological polar surface area (TPSA) is 172 Å². The summed E-state index contributed by atoms with van der Waals surface area (Å²) < 4.78 is 0. The normalized spacial score (nSPS) is 15.5. The molecule has 3 unspecified atom stereocenters. The average molecular weight is 647 g/mol. The van der Waals surface area contributed by atoms with Gasteiger partial charge in [-0.25, -0.2) is 4.98 Å². The molecule has 6 atom stereocenters. The number of H-pyrrole nitrogens is 1. The summed E-state index contributed by atoms with van der Waals surface area (Å²) in [6, 6.07) is 0.0121. The Morgan fingerprint density at radius 1 is 0.783 bits per heavy atom. The van der Waals surface area contributed by atoms with Gasteiger partial charge in [-0.15, -0.1) is 0 Å². The highest BCUT2D eigenvalue weighted by molar-refractivity contribution is 5.98. The summed E-state index contributed by atoms with van der Waals surface area (Å²) in [5, 5.41) is 17.7. The van der Waals surface area contributed by atoms with Crippen LogP contribution in [-0.4, -0.2) is 72.8 Å². The molecule has 0 aromatic carbocycles. The van der Waals surface area contributed by atoms with Crippen LogP contribution in [0.1, 0.15) is 105 Å². The Morgan fingerprint density at radius 2 is 1.41 bits per heavy atom. The predicted octanol–water partition coefficient (Wildman–Crippen LogP) is 2.11. The molecule has 0 saturated heterocycles. The molecule has 5 amide bonds. The van der Waals surface area contributed by atoms with Gasteiger partial charge >= 0.3 is 0 Å². The maximum atomic E-state index is 13.6. The van der Waals surface area contributed by atoms with Crippen molar-refractivity contribution in [2.75, 3.05) is 13.1 Å². The second kappa shape index (κ2) is 19.9. The second-order valence-electron chi connectivity index (χ2n) is 13.7. The number of rotatable bonds is 19. The molecule has 7 N–H and O–H groups in total. The monoisotopic (exact) mass is 646 g/mol. The fourth-order valence-corrected chi connectivity index (χ4v) is 5.01. The van der Waals surface area contributed by atoms with E-state index in [1.807, 2.05) is 41.5 Å². The number of nitrogens with one attached hydrogen (secondary N) is 7. The quantitative estimate of drug-likeness (QED) is 0.134. The number of aromatic amines is 1. The molecule has 1 heterocycles. The number of aromatic nitrogens is 1. The average Bonchev–Trinajstić information content (AvgIpc) is 2.99. The van der Waals surface area contributed by atoms with Gasteiger partial charge in [0.15, 0.2) is 12.4 Å². The Balaban J connectivity index is 3.02. The lowest BCUT2D eigenvalue weighted by atomic mass is 9.87. The second-order valence-corrected chi connectivity index (χ2v) is 13.7. The van der Waals surface area contributed by atoms with Crippen molar-refractivity contribution in [1.82, 2.24) is 31.9 Å². The fourth-order valence-electron chi connectivity index (χ4n) is 5.01. The van der Waals surface area contributed by atoms with E-state index < -0.39 is 30.1 Å². The Labute approximate surface area is 275 Å². The summed E-state index contributed by atoms with van der Waals surface area (Å²) in [7, 11) is 0. The summed E-state index contributed by atoms with van der Waals surface area (Å²) in [5.41, 5.74) is 0.281. The van der Waals surface area contributed by atoms with Crippen molar-refractivity contribution < 1.29 is 29.0 Å². The van der Waals surface area contributed by atoms with Crippen LogP contribution in [0.15, 0.2) is 24.5 Å². The number of likely N-dealkylation sites (N-methyl/N-ethyl adjacent to an activating group) is 1.